The zero-order valence-corrected chi connectivity index (χ0v) is 5.75. The van der Waals surface area contributed by atoms with E-state index in [1.807, 2.05) is 6.07 Å². The molecule has 0 heterocycles. The molecule has 0 N–H and O–H groups in total. The summed E-state index contributed by atoms with van der Waals surface area (Å²) >= 11 is 0. The number of hydrogen-bond donors (Lipinski definition) is 0. The molecule has 0 aromatic carbocycles. The molecule has 0 aromatic rings. The summed E-state index contributed by atoms with van der Waals surface area (Å²) in [4.78, 5) is 0. The normalized spacial score (nSPS) is 9.90. The zero-order chi connectivity index (χ0) is 7.82. The maximum absolute atomic E-state index is 8.25. The van der Waals surface area contributed by atoms with Gasteiger partial charge in [0.15, 0.2) is 0 Å². The van der Waals surface area contributed by atoms with Gasteiger partial charge in [0.25, 0.3) is 0 Å². The fourth-order valence-electron chi connectivity index (χ4n) is 0.352. The van der Waals surface area contributed by atoms with Gasteiger partial charge in [-0.3, -0.25) is 0 Å². The Kier molecular flexibility index (Phi) is 4.72. The van der Waals surface area contributed by atoms with E-state index < -0.39 is 0 Å². The smallest absolute Gasteiger partial charge is 0.0985 e. The molecule has 0 spiro atoms. The number of rotatable bonds is 3. The van der Waals surface area contributed by atoms with E-state index in [0.717, 1.165) is 0 Å². The topological polar surface area (TPSA) is 23.8 Å². The van der Waals surface area contributed by atoms with Crippen LogP contribution in [0.2, 0.25) is 0 Å². The molecule has 0 amide bonds. The molecule has 0 atom stereocenters. The Hall–Kier alpha value is -1.55. The predicted octanol–water partition coefficient (Wildman–Crippen LogP) is 2.36. The van der Waals surface area contributed by atoms with Crippen molar-refractivity contribution in [2.45, 2.75) is 0 Å². The first-order valence-electron chi connectivity index (χ1n) is 2.86. The van der Waals surface area contributed by atoms with Gasteiger partial charge in [-0.1, -0.05) is 37.5 Å². The second-order valence-electron chi connectivity index (χ2n) is 1.62. The van der Waals surface area contributed by atoms with E-state index in [-0.39, 0.29) is 0 Å². The summed E-state index contributed by atoms with van der Waals surface area (Å²) in [5.74, 6) is 0. The van der Waals surface area contributed by atoms with E-state index in [1.54, 1.807) is 30.4 Å². The third-order valence-corrected chi connectivity index (χ3v) is 0.799. The second kappa shape index (κ2) is 5.58. The molecule has 0 fully saturated rings. The van der Waals surface area contributed by atoms with Crippen LogP contribution in [0, 0.1) is 11.3 Å². The summed E-state index contributed by atoms with van der Waals surface area (Å²) in [6.45, 7) is 6.95. The molecule has 0 aromatic heterocycles. The highest BCUT2D eigenvalue weighted by Gasteiger charge is 1.75. The first-order valence-corrected chi connectivity index (χ1v) is 2.86. The van der Waals surface area contributed by atoms with E-state index in [2.05, 4.69) is 13.2 Å². The molecule has 0 aliphatic carbocycles. The van der Waals surface area contributed by atoms with Crippen molar-refractivity contribution in [3.05, 3.63) is 49.1 Å². The average Bonchev–Trinajstić information content (AvgIpc) is 1.98. The van der Waals surface area contributed by atoms with Crippen LogP contribution < -0.4 is 0 Å². The van der Waals surface area contributed by atoms with E-state index in [9.17, 15) is 0 Å². The molecule has 1 nitrogen and oxygen atoms in total. The van der Waals surface area contributed by atoms with Crippen molar-refractivity contribution in [3.8, 4) is 6.07 Å². The van der Waals surface area contributed by atoms with Crippen LogP contribution in [0.4, 0.5) is 0 Å². The summed E-state index contributed by atoms with van der Waals surface area (Å²) in [7, 11) is 0. The number of hydrogen-bond acceptors (Lipinski definition) is 1. The van der Waals surface area contributed by atoms with E-state index >= 15 is 0 Å². The summed E-state index contributed by atoms with van der Waals surface area (Å²) in [5, 5.41) is 8.25. The zero-order valence-electron chi connectivity index (χ0n) is 5.75. The molecule has 50 valence electrons. The molecule has 0 bridgehead atoms. The standard InChI is InChI=1S/C9H9N/c1-3-4-5-6-7-9(2)8-10/h3-7H,1-2H2. The van der Waals surface area contributed by atoms with Crippen molar-refractivity contribution in [2.75, 3.05) is 0 Å². The summed E-state index contributed by atoms with van der Waals surface area (Å²) in [6, 6.07) is 1.90. The van der Waals surface area contributed by atoms with E-state index in [1.165, 1.54) is 0 Å². The van der Waals surface area contributed by atoms with Crippen molar-refractivity contribution >= 4 is 0 Å². The maximum Gasteiger partial charge on any atom is 0.0985 e. The summed E-state index contributed by atoms with van der Waals surface area (Å²) in [5.41, 5.74) is 0.453. The number of allylic oxidation sites excluding steroid dienone is 6. The number of nitrogens with zero attached hydrogens (tertiary/aromatic N) is 1. The van der Waals surface area contributed by atoms with Crippen LogP contribution in [0.1, 0.15) is 0 Å². The Morgan fingerprint density at radius 1 is 1.30 bits per heavy atom. The first kappa shape index (κ1) is 8.45. The van der Waals surface area contributed by atoms with Gasteiger partial charge in [0.1, 0.15) is 0 Å². The third kappa shape index (κ3) is 4.61. The van der Waals surface area contributed by atoms with Crippen LogP contribution >= 0.6 is 0 Å². The highest BCUT2D eigenvalue weighted by molar-refractivity contribution is 5.31. The fourth-order valence-corrected chi connectivity index (χ4v) is 0.352. The molecule has 0 saturated heterocycles. The van der Waals surface area contributed by atoms with Crippen molar-refractivity contribution in [1.82, 2.24) is 0 Å². The van der Waals surface area contributed by atoms with Crippen LogP contribution in [-0.4, -0.2) is 0 Å². The molecular formula is C9H9N. The van der Waals surface area contributed by atoms with Crippen molar-refractivity contribution in [2.24, 2.45) is 0 Å². The minimum atomic E-state index is 0.453. The monoisotopic (exact) mass is 131 g/mol. The van der Waals surface area contributed by atoms with Crippen LogP contribution in [-0.2, 0) is 0 Å². The minimum Gasteiger partial charge on any atom is -0.192 e. The Bertz CT molecular complexity index is 213. The van der Waals surface area contributed by atoms with Gasteiger partial charge in [-0.05, 0) is 6.08 Å². The lowest BCUT2D eigenvalue weighted by Gasteiger charge is -1.75. The Balaban J connectivity index is 3.79. The SMILES string of the molecule is C=CC=CC=CC(=C)C#N. The van der Waals surface area contributed by atoms with E-state index in [4.69, 9.17) is 5.26 Å². The predicted molar refractivity (Wildman–Crippen MR) is 43.2 cm³/mol. The van der Waals surface area contributed by atoms with Gasteiger partial charge in [0, 0.05) is 5.57 Å². The van der Waals surface area contributed by atoms with Crippen molar-refractivity contribution < 1.29 is 0 Å². The Morgan fingerprint density at radius 3 is 2.50 bits per heavy atom. The molecule has 1 heteroatoms. The average molecular weight is 131 g/mol. The molecule has 0 saturated carbocycles. The van der Waals surface area contributed by atoms with Crippen LogP contribution in [0.5, 0.6) is 0 Å². The largest absolute Gasteiger partial charge is 0.192 e. The number of nitriles is 1. The van der Waals surface area contributed by atoms with E-state index in [0.29, 0.717) is 5.57 Å². The Labute approximate surface area is 61.3 Å². The van der Waals surface area contributed by atoms with Crippen LogP contribution in [0.25, 0.3) is 0 Å². The molecule has 0 radical (unpaired) electrons. The molecule has 0 aliphatic rings. The van der Waals surface area contributed by atoms with Crippen molar-refractivity contribution in [1.29, 1.82) is 5.26 Å². The van der Waals surface area contributed by atoms with Crippen LogP contribution in [0.3, 0.4) is 0 Å². The molecule has 0 rings (SSSR count). The van der Waals surface area contributed by atoms with Gasteiger partial charge >= 0.3 is 0 Å². The first-order chi connectivity index (χ1) is 4.81. The molecule has 0 unspecified atom stereocenters. The quantitative estimate of drug-likeness (QED) is 0.426. The lowest BCUT2D eigenvalue weighted by molar-refractivity contribution is 1.51. The van der Waals surface area contributed by atoms with Gasteiger partial charge in [-0.15, -0.1) is 0 Å². The molecule has 10 heavy (non-hydrogen) atoms. The van der Waals surface area contributed by atoms with Gasteiger partial charge < -0.3 is 0 Å². The van der Waals surface area contributed by atoms with Crippen LogP contribution in [0.15, 0.2) is 49.1 Å². The lowest BCUT2D eigenvalue weighted by atomic mass is 10.3. The van der Waals surface area contributed by atoms with Gasteiger partial charge in [-0.25, -0.2) is 0 Å². The Morgan fingerprint density at radius 2 is 2.00 bits per heavy atom. The van der Waals surface area contributed by atoms with Gasteiger partial charge in [0.05, 0.1) is 6.07 Å². The third-order valence-electron chi connectivity index (χ3n) is 0.799. The molecule has 0 aliphatic heterocycles. The maximum atomic E-state index is 8.25. The minimum absolute atomic E-state index is 0.453. The lowest BCUT2D eigenvalue weighted by Crippen LogP contribution is -1.62. The highest BCUT2D eigenvalue weighted by Crippen LogP contribution is 1.88. The summed E-state index contributed by atoms with van der Waals surface area (Å²) in [6.07, 6.45) is 8.61. The van der Waals surface area contributed by atoms with Gasteiger partial charge in [0.2, 0.25) is 0 Å². The second-order valence-corrected chi connectivity index (χ2v) is 1.62. The summed E-state index contributed by atoms with van der Waals surface area (Å²) < 4.78 is 0. The fraction of sp³-hybridized carbons (Fsp3) is 0. The molecular weight excluding hydrogens is 122 g/mol. The van der Waals surface area contributed by atoms with Gasteiger partial charge in [-0.2, -0.15) is 5.26 Å². The van der Waals surface area contributed by atoms with Crippen molar-refractivity contribution in [3.63, 3.8) is 0 Å². The highest BCUT2D eigenvalue weighted by atomic mass is 14.2.